The Morgan fingerprint density at radius 3 is 2.57 bits per heavy atom. The predicted molar refractivity (Wildman–Crippen MR) is 85.9 cm³/mol. The standard InChI is InChI=1S/C17H17N3O3/c1-11-16(14-6-4-5-9-18-14)19-17(20(11)21)13-8-7-12(22-2)10-15(13)23-3/h4-10,21H,1-3H3. The van der Waals surface area contributed by atoms with E-state index in [2.05, 4.69) is 9.97 Å². The number of benzene rings is 1. The number of rotatable bonds is 4. The minimum absolute atomic E-state index is 0.391. The number of pyridine rings is 1. The lowest BCUT2D eigenvalue weighted by Crippen LogP contribution is -1.99. The van der Waals surface area contributed by atoms with E-state index in [9.17, 15) is 5.21 Å². The van der Waals surface area contributed by atoms with Crippen molar-refractivity contribution in [3.8, 4) is 34.3 Å². The first kappa shape index (κ1) is 14.9. The molecule has 2 aromatic heterocycles. The Morgan fingerprint density at radius 1 is 1.09 bits per heavy atom. The van der Waals surface area contributed by atoms with Gasteiger partial charge >= 0.3 is 0 Å². The summed E-state index contributed by atoms with van der Waals surface area (Å²) < 4.78 is 11.6. The van der Waals surface area contributed by atoms with E-state index in [0.717, 1.165) is 4.73 Å². The Balaban J connectivity index is 2.15. The van der Waals surface area contributed by atoms with Crippen LogP contribution in [-0.2, 0) is 0 Å². The van der Waals surface area contributed by atoms with E-state index in [1.165, 1.54) is 0 Å². The molecule has 3 rings (SSSR count). The third kappa shape index (κ3) is 2.59. The highest BCUT2D eigenvalue weighted by Gasteiger charge is 2.20. The van der Waals surface area contributed by atoms with E-state index < -0.39 is 0 Å². The van der Waals surface area contributed by atoms with Gasteiger partial charge in [-0.2, -0.15) is 4.73 Å². The van der Waals surface area contributed by atoms with Crippen LogP contribution in [0.15, 0.2) is 42.6 Å². The normalized spacial score (nSPS) is 10.6. The molecule has 1 aromatic carbocycles. The second kappa shape index (κ2) is 6.00. The lowest BCUT2D eigenvalue weighted by Gasteiger charge is -2.09. The van der Waals surface area contributed by atoms with Crippen molar-refractivity contribution in [1.82, 2.24) is 14.7 Å². The topological polar surface area (TPSA) is 69.4 Å². The molecule has 0 aliphatic rings. The highest BCUT2D eigenvalue weighted by Crippen LogP contribution is 2.34. The molecule has 6 nitrogen and oxygen atoms in total. The Labute approximate surface area is 133 Å². The monoisotopic (exact) mass is 311 g/mol. The molecule has 3 aromatic rings. The summed E-state index contributed by atoms with van der Waals surface area (Å²) in [5, 5.41) is 10.4. The molecule has 0 atom stereocenters. The second-order valence-corrected chi connectivity index (χ2v) is 4.96. The molecule has 2 heterocycles. The van der Waals surface area contributed by atoms with Gasteiger partial charge in [0.15, 0.2) is 5.82 Å². The van der Waals surface area contributed by atoms with Gasteiger partial charge in [0.1, 0.15) is 17.2 Å². The second-order valence-electron chi connectivity index (χ2n) is 4.96. The van der Waals surface area contributed by atoms with Crippen molar-refractivity contribution >= 4 is 0 Å². The number of hydrogen-bond donors (Lipinski definition) is 1. The summed E-state index contributed by atoms with van der Waals surface area (Å²) in [4.78, 5) is 8.83. The van der Waals surface area contributed by atoms with Gasteiger partial charge in [0.25, 0.3) is 0 Å². The SMILES string of the molecule is COc1ccc(-c2nc(-c3ccccn3)c(C)n2O)c(OC)c1. The highest BCUT2D eigenvalue weighted by molar-refractivity contribution is 5.70. The van der Waals surface area contributed by atoms with Crippen LogP contribution >= 0.6 is 0 Å². The Kier molecular flexibility index (Phi) is 3.89. The summed E-state index contributed by atoms with van der Waals surface area (Å²) in [6, 6.07) is 10.9. The molecular formula is C17H17N3O3. The van der Waals surface area contributed by atoms with Crippen molar-refractivity contribution in [1.29, 1.82) is 0 Å². The lowest BCUT2D eigenvalue weighted by molar-refractivity contribution is 0.184. The fraction of sp³-hybridized carbons (Fsp3) is 0.176. The first-order valence-corrected chi connectivity index (χ1v) is 7.08. The molecular weight excluding hydrogens is 294 g/mol. The smallest absolute Gasteiger partial charge is 0.179 e. The summed E-state index contributed by atoms with van der Waals surface area (Å²) in [5.74, 6) is 1.63. The largest absolute Gasteiger partial charge is 0.497 e. The van der Waals surface area contributed by atoms with Crippen LogP contribution in [0.2, 0.25) is 0 Å². The van der Waals surface area contributed by atoms with Crippen molar-refractivity contribution in [3.05, 3.63) is 48.3 Å². The fourth-order valence-electron chi connectivity index (χ4n) is 2.40. The number of methoxy groups -OCH3 is 2. The van der Waals surface area contributed by atoms with E-state index in [4.69, 9.17) is 9.47 Å². The van der Waals surface area contributed by atoms with E-state index in [-0.39, 0.29) is 0 Å². The average molecular weight is 311 g/mol. The van der Waals surface area contributed by atoms with Crippen molar-refractivity contribution in [2.75, 3.05) is 14.2 Å². The lowest BCUT2D eigenvalue weighted by atomic mass is 10.2. The number of imidazole rings is 1. The molecule has 0 saturated heterocycles. The Bertz CT molecular complexity index is 829. The maximum atomic E-state index is 10.4. The van der Waals surface area contributed by atoms with Gasteiger partial charge < -0.3 is 14.7 Å². The molecule has 23 heavy (non-hydrogen) atoms. The Hall–Kier alpha value is -3.02. The number of nitrogens with zero attached hydrogens (tertiary/aromatic N) is 3. The average Bonchev–Trinajstić information content (AvgIpc) is 2.90. The molecule has 0 fully saturated rings. The number of hydrogen-bond acceptors (Lipinski definition) is 5. The third-order valence-corrected chi connectivity index (χ3v) is 3.64. The van der Waals surface area contributed by atoms with Crippen molar-refractivity contribution in [2.45, 2.75) is 6.92 Å². The molecule has 0 aliphatic heterocycles. The van der Waals surface area contributed by atoms with Gasteiger partial charge in [-0.15, -0.1) is 0 Å². The third-order valence-electron chi connectivity index (χ3n) is 3.64. The highest BCUT2D eigenvalue weighted by atomic mass is 16.5. The zero-order valence-electron chi connectivity index (χ0n) is 13.1. The first-order chi connectivity index (χ1) is 11.2. The van der Waals surface area contributed by atoms with Gasteiger partial charge in [-0.05, 0) is 31.2 Å². The van der Waals surface area contributed by atoms with Gasteiger partial charge in [0.2, 0.25) is 0 Å². The van der Waals surface area contributed by atoms with E-state index in [0.29, 0.717) is 40.0 Å². The van der Waals surface area contributed by atoms with Crippen LogP contribution in [0.25, 0.3) is 22.8 Å². The van der Waals surface area contributed by atoms with Crippen LogP contribution in [0, 0.1) is 6.92 Å². The quantitative estimate of drug-likeness (QED) is 0.749. The van der Waals surface area contributed by atoms with Crippen LogP contribution < -0.4 is 9.47 Å². The maximum absolute atomic E-state index is 10.4. The van der Waals surface area contributed by atoms with Crippen LogP contribution in [0.4, 0.5) is 0 Å². The summed E-state index contributed by atoms with van der Waals surface area (Å²) in [6.45, 7) is 1.79. The molecule has 0 bridgehead atoms. The van der Waals surface area contributed by atoms with Crippen molar-refractivity contribution in [3.63, 3.8) is 0 Å². The first-order valence-electron chi connectivity index (χ1n) is 7.08. The molecule has 118 valence electrons. The predicted octanol–water partition coefficient (Wildman–Crippen LogP) is 3.18. The maximum Gasteiger partial charge on any atom is 0.179 e. The van der Waals surface area contributed by atoms with Gasteiger partial charge in [0.05, 0.1) is 31.2 Å². The fourth-order valence-corrected chi connectivity index (χ4v) is 2.40. The minimum atomic E-state index is 0.391. The summed E-state index contributed by atoms with van der Waals surface area (Å²) in [5.41, 5.74) is 2.60. The van der Waals surface area contributed by atoms with Gasteiger partial charge in [-0.1, -0.05) is 6.07 Å². The summed E-state index contributed by atoms with van der Waals surface area (Å²) >= 11 is 0. The molecule has 0 spiro atoms. The van der Waals surface area contributed by atoms with Crippen molar-refractivity contribution < 1.29 is 14.7 Å². The minimum Gasteiger partial charge on any atom is -0.497 e. The van der Waals surface area contributed by atoms with Crippen LogP contribution in [0.3, 0.4) is 0 Å². The zero-order valence-corrected chi connectivity index (χ0v) is 13.1. The van der Waals surface area contributed by atoms with E-state index in [1.807, 2.05) is 18.2 Å². The number of ether oxygens (including phenoxy) is 2. The number of aromatic nitrogens is 3. The molecule has 6 heteroatoms. The Morgan fingerprint density at radius 2 is 1.91 bits per heavy atom. The van der Waals surface area contributed by atoms with Gasteiger partial charge in [-0.3, -0.25) is 4.98 Å². The van der Waals surface area contributed by atoms with Crippen LogP contribution in [0.1, 0.15) is 5.69 Å². The van der Waals surface area contributed by atoms with E-state index in [1.54, 1.807) is 45.5 Å². The molecule has 1 N–H and O–H groups in total. The molecule has 0 unspecified atom stereocenters. The molecule has 0 aliphatic carbocycles. The molecule has 0 amide bonds. The van der Waals surface area contributed by atoms with E-state index >= 15 is 0 Å². The van der Waals surface area contributed by atoms with Crippen LogP contribution in [0.5, 0.6) is 11.5 Å². The summed E-state index contributed by atoms with van der Waals surface area (Å²) in [6.07, 6.45) is 1.69. The molecule has 0 saturated carbocycles. The van der Waals surface area contributed by atoms with Crippen LogP contribution in [-0.4, -0.2) is 34.1 Å². The van der Waals surface area contributed by atoms with Gasteiger partial charge in [0, 0.05) is 12.3 Å². The zero-order chi connectivity index (χ0) is 16.4. The summed E-state index contributed by atoms with van der Waals surface area (Å²) in [7, 11) is 3.15. The molecule has 0 radical (unpaired) electrons. The van der Waals surface area contributed by atoms with Crippen molar-refractivity contribution in [2.24, 2.45) is 0 Å². The van der Waals surface area contributed by atoms with Gasteiger partial charge in [-0.25, -0.2) is 4.98 Å².